The van der Waals surface area contributed by atoms with Crippen LogP contribution in [0.1, 0.15) is 30.9 Å². The maximum absolute atomic E-state index is 13.6. The first-order chi connectivity index (χ1) is 7.91. The number of benzene rings is 1. The topological polar surface area (TPSA) is 38.9 Å². The Balaban J connectivity index is 2.88. The summed E-state index contributed by atoms with van der Waals surface area (Å²) in [6, 6.07) is 3.39. The maximum Gasteiger partial charge on any atom is 0.138 e. The predicted octanol–water partition coefficient (Wildman–Crippen LogP) is 4.15. The van der Waals surface area contributed by atoms with Gasteiger partial charge in [0.2, 0.25) is 0 Å². The van der Waals surface area contributed by atoms with Gasteiger partial charge in [-0.05, 0) is 52.0 Å². The van der Waals surface area contributed by atoms with Crippen LogP contribution in [0, 0.1) is 12.7 Å². The number of halogens is 2. The molecular weight excluding hydrogens is 283 g/mol. The lowest BCUT2D eigenvalue weighted by atomic mass is 10.0. The zero-order chi connectivity index (χ0) is 12.7. The van der Waals surface area contributed by atoms with Crippen LogP contribution in [0.25, 0.3) is 10.9 Å². The van der Waals surface area contributed by atoms with Crippen LogP contribution >= 0.6 is 15.9 Å². The molecule has 17 heavy (non-hydrogen) atoms. The molecule has 2 rings (SSSR count). The monoisotopic (exact) mass is 296 g/mol. The van der Waals surface area contributed by atoms with Crippen LogP contribution in [0.3, 0.4) is 0 Å². The van der Waals surface area contributed by atoms with E-state index in [1.165, 1.54) is 6.07 Å². The lowest BCUT2D eigenvalue weighted by molar-refractivity contribution is 0.622. The van der Waals surface area contributed by atoms with Crippen LogP contribution in [0.15, 0.2) is 16.6 Å². The highest BCUT2D eigenvalue weighted by Crippen LogP contribution is 2.32. The number of aromatic nitrogens is 1. The number of anilines is 1. The predicted molar refractivity (Wildman–Crippen MR) is 72.6 cm³/mol. The van der Waals surface area contributed by atoms with Gasteiger partial charge in [0.25, 0.3) is 0 Å². The molecule has 0 unspecified atom stereocenters. The number of nitrogens with two attached hydrogens (primary N) is 1. The van der Waals surface area contributed by atoms with Crippen LogP contribution in [0.2, 0.25) is 0 Å². The minimum absolute atomic E-state index is 0.266. The number of aryl methyl sites for hydroxylation is 1. The number of hydrogen-bond donors (Lipinski definition) is 1. The lowest BCUT2D eigenvalue weighted by Crippen LogP contribution is -2.01. The molecule has 0 fully saturated rings. The molecule has 0 atom stereocenters. The summed E-state index contributed by atoms with van der Waals surface area (Å²) in [5.74, 6) is 0.521. The van der Waals surface area contributed by atoms with Crippen LogP contribution in [-0.2, 0) is 0 Å². The van der Waals surface area contributed by atoms with Crippen molar-refractivity contribution in [2.75, 3.05) is 5.73 Å². The fourth-order valence-corrected chi connectivity index (χ4v) is 2.34. The smallest absolute Gasteiger partial charge is 0.138 e. The van der Waals surface area contributed by atoms with Crippen molar-refractivity contribution in [2.45, 2.75) is 26.7 Å². The standard InChI is InChI=1S/C13H14BrFN2/c1-6(2)8-5-9-11(14)10(15)4-7(3)12(9)17-13(8)16/h4-6H,1-3H3,(H2,16,17). The van der Waals surface area contributed by atoms with E-state index in [0.717, 1.165) is 22.0 Å². The molecule has 0 aliphatic carbocycles. The Labute approximate surface area is 108 Å². The third-order valence-electron chi connectivity index (χ3n) is 2.87. The molecule has 2 N–H and O–H groups in total. The average Bonchev–Trinajstić information content (AvgIpc) is 2.25. The van der Waals surface area contributed by atoms with E-state index in [1.54, 1.807) is 0 Å². The molecular formula is C13H14BrFN2. The highest BCUT2D eigenvalue weighted by atomic mass is 79.9. The Bertz CT molecular complexity index is 594. The molecule has 0 saturated carbocycles. The molecule has 0 spiro atoms. The van der Waals surface area contributed by atoms with Gasteiger partial charge in [0, 0.05) is 5.39 Å². The quantitative estimate of drug-likeness (QED) is 0.858. The highest BCUT2D eigenvalue weighted by Gasteiger charge is 2.13. The minimum Gasteiger partial charge on any atom is -0.383 e. The summed E-state index contributed by atoms with van der Waals surface area (Å²) in [6.07, 6.45) is 0. The number of fused-ring (bicyclic) bond motifs is 1. The van der Waals surface area contributed by atoms with E-state index >= 15 is 0 Å². The van der Waals surface area contributed by atoms with E-state index in [9.17, 15) is 4.39 Å². The molecule has 0 amide bonds. The van der Waals surface area contributed by atoms with Crippen LogP contribution < -0.4 is 5.73 Å². The van der Waals surface area contributed by atoms with E-state index in [4.69, 9.17) is 5.73 Å². The van der Waals surface area contributed by atoms with Crippen molar-refractivity contribution in [3.63, 3.8) is 0 Å². The molecule has 1 aromatic heterocycles. The Hall–Kier alpha value is -1.16. The number of nitrogens with zero attached hydrogens (tertiary/aromatic N) is 1. The molecule has 0 aliphatic rings. The molecule has 4 heteroatoms. The van der Waals surface area contributed by atoms with E-state index in [0.29, 0.717) is 10.3 Å². The van der Waals surface area contributed by atoms with Gasteiger partial charge in [0.15, 0.2) is 0 Å². The Morgan fingerprint density at radius 1 is 1.35 bits per heavy atom. The van der Waals surface area contributed by atoms with Crippen molar-refractivity contribution in [1.82, 2.24) is 4.98 Å². The van der Waals surface area contributed by atoms with Crippen molar-refractivity contribution in [3.8, 4) is 0 Å². The molecule has 0 radical (unpaired) electrons. The summed E-state index contributed by atoms with van der Waals surface area (Å²) in [4.78, 5) is 4.38. The first kappa shape index (κ1) is 12.3. The van der Waals surface area contributed by atoms with Gasteiger partial charge in [0.1, 0.15) is 11.6 Å². The van der Waals surface area contributed by atoms with E-state index in [1.807, 2.05) is 26.8 Å². The van der Waals surface area contributed by atoms with Gasteiger partial charge >= 0.3 is 0 Å². The summed E-state index contributed by atoms with van der Waals surface area (Å²) >= 11 is 3.27. The molecule has 1 heterocycles. The van der Waals surface area contributed by atoms with Gasteiger partial charge in [-0.2, -0.15) is 0 Å². The van der Waals surface area contributed by atoms with Gasteiger partial charge in [0.05, 0.1) is 9.99 Å². The van der Waals surface area contributed by atoms with Crippen molar-refractivity contribution in [3.05, 3.63) is 33.5 Å². The Kier molecular flexibility index (Phi) is 3.08. The zero-order valence-corrected chi connectivity index (χ0v) is 11.6. The highest BCUT2D eigenvalue weighted by molar-refractivity contribution is 9.10. The number of rotatable bonds is 1. The zero-order valence-electron chi connectivity index (χ0n) is 10.0. The second-order valence-corrected chi connectivity index (χ2v) is 5.30. The second kappa shape index (κ2) is 4.26. The lowest BCUT2D eigenvalue weighted by Gasteiger charge is -2.12. The number of hydrogen-bond acceptors (Lipinski definition) is 2. The maximum atomic E-state index is 13.6. The SMILES string of the molecule is Cc1cc(F)c(Br)c2cc(C(C)C)c(N)nc12. The van der Waals surface area contributed by atoms with Gasteiger partial charge < -0.3 is 5.73 Å². The summed E-state index contributed by atoms with van der Waals surface area (Å²) in [5.41, 5.74) is 8.42. The first-order valence-corrected chi connectivity index (χ1v) is 6.25. The largest absolute Gasteiger partial charge is 0.383 e. The molecule has 90 valence electrons. The Morgan fingerprint density at radius 3 is 2.59 bits per heavy atom. The fourth-order valence-electron chi connectivity index (χ4n) is 1.92. The van der Waals surface area contributed by atoms with E-state index in [2.05, 4.69) is 20.9 Å². The van der Waals surface area contributed by atoms with Crippen LogP contribution in [-0.4, -0.2) is 4.98 Å². The van der Waals surface area contributed by atoms with Crippen molar-refractivity contribution >= 4 is 32.7 Å². The molecule has 0 saturated heterocycles. The van der Waals surface area contributed by atoms with Gasteiger partial charge in [-0.25, -0.2) is 9.37 Å². The summed E-state index contributed by atoms with van der Waals surface area (Å²) < 4.78 is 14.1. The average molecular weight is 297 g/mol. The molecule has 0 bridgehead atoms. The minimum atomic E-state index is -0.267. The second-order valence-electron chi connectivity index (χ2n) is 4.50. The van der Waals surface area contributed by atoms with Crippen molar-refractivity contribution < 1.29 is 4.39 Å². The number of pyridine rings is 1. The molecule has 1 aromatic carbocycles. The summed E-state index contributed by atoms with van der Waals surface area (Å²) in [6.45, 7) is 5.91. The van der Waals surface area contributed by atoms with E-state index < -0.39 is 0 Å². The van der Waals surface area contributed by atoms with Crippen molar-refractivity contribution in [2.24, 2.45) is 0 Å². The molecule has 2 aromatic rings. The normalized spacial score (nSPS) is 11.4. The van der Waals surface area contributed by atoms with Gasteiger partial charge in [-0.1, -0.05) is 13.8 Å². The summed E-state index contributed by atoms with van der Waals surface area (Å²) in [7, 11) is 0. The Morgan fingerprint density at radius 2 is 2.00 bits per heavy atom. The molecule has 2 nitrogen and oxygen atoms in total. The first-order valence-electron chi connectivity index (χ1n) is 5.46. The number of nitrogen functional groups attached to an aromatic ring is 1. The van der Waals surface area contributed by atoms with E-state index in [-0.39, 0.29) is 11.7 Å². The van der Waals surface area contributed by atoms with Gasteiger partial charge in [-0.3, -0.25) is 0 Å². The summed E-state index contributed by atoms with van der Waals surface area (Å²) in [5, 5.41) is 0.778. The third kappa shape index (κ3) is 2.02. The van der Waals surface area contributed by atoms with Crippen LogP contribution in [0.5, 0.6) is 0 Å². The van der Waals surface area contributed by atoms with Gasteiger partial charge in [-0.15, -0.1) is 0 Å². The van der Waals surface area contributed by atoms with Crippen LogP contribution in [0.4, 0.5) is 10.2 Å². The van der Waals surface area contributed by atoms with Crippen molar-refractivity contribution in [1.29, 1.82) is 0 Å². The fraction of sp³-hybridized carbons (Fsp3) is 0.308. The molecule has 0 aliphatic heterocycles. The third-order valence-corrected chi connectivity index (χ3v) is 3.67.